The summed E-state index contributed by atoms with van der Waals surface area (Å²) in [5.41, 5.74) is 1.65. The molecule has 0 saturated carbocycles. The average molecular weight is 302 g/mol. The number of Topliss-reactive ketones (excluding diaryl/α,β-unsaturated/α-hetero) is 1. The molecule has 0 spiro atoms. The normalized spacial score (nSPS) is 12.5. The van der Waals surface area contributed by atoms with Gasteiger partial charge in [0.1, 0.15) is 0 Å². The van der Waals surface area contributed by atoms with Crippen molar-refractivity contribution < 1.29 is 14.3 Å². The van der Waals surface area contributed by atoms with Crippen molar-refractivity contribution in [2.24, 2.45) is 5.92 Å². The van der Waals surface area contributed by atoms with E-state index in [-0.39, 0.29) is 17.7 Å². The highest BCUT2D eigenvalue weighted by molar-refractivity contribution is 6.08. The lowest BCUT2D eigenvalue weighted by Gasteiger charge is -2.22. The minimum atomic E-state index is -0.252. The molecule has 1 N–H and O–H groups in total. The van der Waals surface area contributed by atoms with Gasteiger partial charge in [0.2, 0.25) is 0 Å². The number of likely N-dealkylation sites (N-methyl/N-ethyl adjacent to an activating group) is 1. The minimum Gasteiger partial charge on any atom is -0.469 e. The van der Waals surface area contributed by atoms with Crippen molar-refractivity contribution in [2.45, 2.75) is 13.8 Å². The zero-order chi connectivity index (χ0) is 16.1. The number of aromatic amines is 1. The van der Waals surface area contributed by atoms with Gasteiger partial charge in [0.25, 0.3) is 0 Å². The third-order valence-corrected chi connectivity index (χ3v) is 3.84. The number of rotatable bonds is 7. The van der Waals surface area contributed by atoms with E-state index in [2.05, 4.69) is 4.98 Å². The molecule has 0 aliphatic carbocycles. The van der Waals surface area contributed by atoms with E-state index in [4.69, 9.17) is 4.74 Å². The summed E-state index contributed by atoms with van der Waals surface area (Å²) < 4.78 is 4.74. The van der Waals surface area contributed by atoms with Crippen molar-refractivity contribution in [1.29, 1.82) is 0 Å². The van der Waals surface area contributed by atoms with Gasteiger partial charge in [0, 0.05) is 29.2 Å². The molecule has 1 heterocycles. The summed E-state index contributed by atoms with van der Waals surface area (Å²) in [6.07, 6.45) is 1.75. The smallest absolute Gasteiger partial charge is 0.309 e. The molecule has 0 fully saturated rings. The third-order valence-electron chi connectivity index (χ3n) is 3.84. The number of nitrogens with zero attached hydrogens (tertiary/aromatic N) is 1. The highest BCUT2D eigenvalue weighted by Gasteiger charge is 2.20. The van der Waals surface area contributed by atoms with E-state index in [1.807, 2.05) is 43.0 Å². The summed E-state index contributed by atoms with van der Waals surface area (Å²) in [7, 11) is 1.38. The number of esters is 1. The van der Waals surface area contributed by atoms with Gasteiger partial charge in [-0.1, -0.05) is 32.0 Å². The summed E-state index contributed by atoms with van der Waals surface area (Å²) in [4.78, 5) is 29.1. The van der Waals surface area contributed by atoms with E-state index in [0.717, 1.165) is 10.9 Å². The SMILES string of the molecule is CCN(CC(=O)c1c[nH]c2ccccc12)CC(C)C(=O)OC. The van der Waals surface area contributed by atoms with Crippen LogP contribution in [-0.4, -0.2) is 48.4 Å². The molecule has 0 aliphatic heterocycles. The predicted octanol–water partition coefficient (Wildman–Crippen LogP) is 2.48. The number of benzene rings is 1. The Morgan fingerprint density at radius 3 is 2.73 bits per heavy atom. The fourth-order valence-corrected chi connectivity index (χ4v) is 2.56. The second-order valence-corrected chi connectivity index (χ2v) is 5.42. The van der Waals surface area contributed by atoms with Crippen LogP contribution in [-0.2, 0) is 9.53 Å². The van der Waals surface area contributed by atoms with Crippen LogP contribution in [0.15, 0.2) is 30.5 Å². The molecule has 0 bridgehead atoms. The Hall–Kier alpha value is -2.14. The van der Waals surface area contributed by atoms with Crippen molar-refractivity contribution in [1.82, 2.24) is 9.88 Å². The summed E-state index contributed by atoms with van der Waals surface area (Å²) in [6, 6.07) is 7.74. The van der Waals surface area contributed by atoms with Crippen LogP contribution >= 0.6 is 0 Å². The zero-order valence-electron chi connectivity index (χ0n) is 13.3. The lowest BCUT2D eigenvalue weighted by atomic mass is 10.1. The van der Waals surface area contributed by atoms with Crippen LogP contribution in [0.3, 0.4) is 0 Å². The number of H-pyrrole nitrogens is 1. The molecule has 1 atom stereocenters. The maximum Gasteiger partial charge on any atom is 0.309 e. The van der Waals surface area contributed by atoms with Crippen LogP contribution in [0.5, 0.6) is 0 Å². The van der Waals surface area contributed by atoms with E-state index < -0.39 is 0 Å². The average Bonchev–Trinajstić information content (AvgIpc) is 2.97. The topological polar surface area (TPSA) is 62.4 Å². The predicted molar refractivity (Wildman–Crippen MR) is 85.9 cm³/mol. The first-order valence-electron chi connectivity index (χ1n) is 7.46. The van der Waals surface area contributed by atoms with Crippen LogP contribution in [0, 0.1) is 5.92 Å². The van der Waals surface area contributed by atoms with Crippen molar-refractivity contribution in [2.75, 3.05) is 26.7 Å². The fraction of sp³-hybridized carbons (Fsp3) is 0.412. The number of hydrogen-bond acceptors (Lipinski definition) is 4. The lowest BCUT2D eigenvalue weighted by molar-refractivity contribution is -0.145. The fourth-order valence-electron chi connectivity index (χ4n) is 2.56. The quantitative estimate of drug-likeness (QED) is 0.630. The number of hydrogen-bond donors (Lipinski definition) is 1. The van der Waals surface area contributed by atoms with Crippen molar-refractivity contribution in [3.05, 3.63) is 36.0 Å². The Bertz CT molecular complexity index is 663. The number of carbonyl (C=O) groups excluding carboxylic acids is 2. The Balaban J connectivity index is 2.07. The Labute approximate surface area is 130 Å². The number of aromatic nitrogens is 1. The molecule has 5 nitrogen and oxygen atoms in total. The van der Waals surface area contributed by atoms with Crippen LogP contribution in [0.1, 0.15) is 24.2 Å². The second kappa shape index (κ2) is 7.22. The number of ketones is 1. The summed E-state index contributed by atoms with van der Waals surface area (Å²) in [5, 5.41) is 0.935. The summed E-state index contributed by atoms with van der Waals surface area (Å²) in [6.45, 7) is 5.30. The molecule has 0 saturated heterocycles. The Morgan fingerprint density at radius 2 is 2.05 bits per heavy atom. The first-order chi connectivity index (χ1) is 10.6. The van der Waals surface area contributed by atoms with Crippen molar-refractivity contribution in [3.8, 4) is 0 Å². The van der Waals surface area contributed by atoms with Crippen LogP contribution < -0.4 is 0 Å². The first-order valence-corrected chi connectivity index (χ1v) is 7.46. The molecule has 2 aromatic rings. The molecule has 5 heteroatoms. The molecule has 0 aliphatic rings. The number of methoxy groups -OCH3 is 1. The first kappa shape index (κ1) is 16.2. The number of fused-ring (bicyclic) bond motifs is 1. The molecule has 0 amide bonds. The van der Waals surface area contributed by atoms with Gasteiger partial charge in [0.15, 0.2) is 5.78 Å². The van der Waals surface area contributed by atoms with Gasteiger partial charge in [-0.15, -0.1) is 0 Å². The molecule has 22 heavy (non-hydrogen) atoms. The van der Waals surface area contributed by atoms with Crippen LogP contribution in [0.2, 0.25) is 0 Å². The van der Waals surface area contributed by atoms with Gasteiger partial charge in [-0.05, 0) is 12.6 Å². The molecule has 1 unspecified atom stereocenters. The minimum absolute atomic E-state index is 0.0522. The molecule has 2 rings (SSSR count). The van der Waals surface area contributed by atoms with E-state index >= 15 is 0 Å². The summed E-state index contributed by atoms with van der Waals surface area (Å²) in [5.74, 6) is -0.449. The number of nitrogens with one attached hydrogen (secondary N) is 1. The van der Waals surface area contributed by atoms with Gasteiger partial charge < -0.3 is 9.72 Å². The largest absolute Gasteiger partial charge is 0.469 e. The molecule has 0 radical (unpaired) electrons. The monoisotopic (exact) mass is 302 g/mol. The van der Waals surface area contributed by atoms with Gasteiger partial charge >= 0.3 is 5.97 Å². The molecular weight excluding hydrogens is 280 g/mol. The lowest BCUT2D eigenvalue weighted by Crippen LogP contribution is -2.36. The van der Waals surface area contributed by atoms with Crippen LogP contribution in [0.25, 0.3) is 10.9 Å². The highest BCUT2D eigenvalue weighted by atomic mass is 16.5. The highest BCUT2D eigenvalue weighted by Crippen LogP contribution is 2.18. The van der Waals surface area contributed by atoms with Crippen LogP contribution in [0.4, 0.5) is 0 Å². The van der Waals surface area contributed by atoms with E-state index in [0.29, 0.717) is 25.2 Å². The second-order valence-electron chi connectivity index (χ2n) is 5.42. The molecule has 118 valence electrons. The maximum atomic E-state index is 12.5. The van der Waals surface area contributed by atoms with E-state index in [9.17, 15) is 9.59 Å². The van der Waals surface area contributed by atoms with Crippen molar-refractivity contribution >= 4 is 22.7 Å². The zero-order valence-corrected chi connectivity index (χ0v) is 13.3. The maximum absolute atomic E-state index is 12.5. The van der Waals surface area contributed by atoms with E-state index in [1.165, 1.54) is 7.11 Å². The number of carbonyl (C=O) groups is 2. The van der Waals surface area contributed by atoms with Gasteiger partial charge in [-0.25, -0.2) is 0 Å². The van der Waals surface area contributed by atoms with Gasteiger partial charge in [0.05, 0.1) is 19.6 Å². The third kappa shape index (κ3) is 3.54. The number of para-hydroxylation sites is 1. The number of ether oxygens (including phenoxy) is 1. The summed E-state index contributed by atoms with van der Waals surface area (Å²) >= 11 is 0. The molecular formula is C17H22N2O3. The Morgan fingerprint density at radius 1 is 1.32 bits per heavy atom. The molecule has 1 aromatic carbocycles. The van der Waals surface area contributed by atoms with Crippen molar-refractivity contribution in [3.63, 3.8) is 0 Å². The molecule has 1 aromatic heterocycles. The van der Waals surface area contributed by atoms with E-state index in [1.54, 1.807) is 6.20 Å². The van der Waals surface area contributed by atoms with Gasteiger partial charge in [-0.2, -0.15) is 0 Å². The standard InChI is InChI=1S/C17H22N2O3/c1-4-19(10-12(2)17(21)22-3)11-16(20)14-9-18-15-8-6-5-7-13(14)15/h5-9,12,18H,4,10-11H2,1-3H3. The van der Waals surface area contributed by atoms with Gasteiger partial charge in [-0.3, -0.25) is 14.5 Å². The Kier molecular flexibility index (Phi) is 5.33.